The highest BCUT2D eigenvalue weighted by atomic mass is 79.9. The minimum absolute atomic E-state index is 0.723. The summed E-state index contributed by atoms with van der Waals surface area (Å²) in [6.45, 7) is 3.07. The number of halogens is 2. The van der Waals surface area contributed by atoms with Crippen LogP contribution in [0.3, 0.4) is 0 Å². The molecule has 1 heterocycles. The predicted octanol–water partition coefficient (Wildman–Crippen LogP) is 3.87. The molecule has 0 amide bonds. The van der Waals surface area contributed by atoms with Crippen molar-refractivity contribution in [3.63, 3.8) is 0 Å². The summed E-state index contributed by atoms with van der Waals surface area (Å²) >= 11 is 9.33. The maximum Gasteiger partial charge on any atom is 0.133 e. The minimum Gasteiger partial charge on any atom is -0.492 e. The molecule has 0 aliphatic carbocycles. The van der Waals surface area contributed by atoms with Gasteiger partial charge in [0, 0.05) is 5.02 Å². The summed E-state index contributed by atoms with van der Waals surface area (Å²) in [5, 5.41) is 4.14. The second-order valence-electron chi connectivity index (χ2n) is 4.42. The molecule has 1 fully saturated rings. The highest BCUT2D eigenvalue weighted by molar-refractivity contribution is 9.10. The summed E-state index contributed by atoms with van der Waals surface area (Å²) in [6.07, 6.45) is 3.72. The maximum atomic E-state index is 5.88. The van der Waals surface area contributed by atoms with Crippen molar-refractivity contribution in [2.45, 2.75) is 19.3 Å². The normalized spacial score (nSPS) is 20.2. The van der Waals surface area contributed by atoms with Crippen LogP contribution in [-0.2, 0) is 0 Å². The molecule has 1 aromatic rings. The summed E-state index contributed by atoms with van der Waals surface area (Å²) in [4.78, 5) is 0. The van der Waals surface area contributed by atoms with Gasteiger partial charge in [-0.15, -0.1) is 0 Å². The molecule has 1 atom stereocenters. The van der Waals surface area contributed by atoms with E-state index in [4.69, 9.17) is 16.3 Å². The number of ether oxygens (including phenoxy) is 1. The Morgan fingerprint density at radius 2 is 2.35 bits per heavy atom. The Morgan fingerprint density at radius 1 is 1.47 bits per heavy atom. The van der Waals surface area contributed by atoms with Gasteiger partial charge in [0.15, 0.2) is 0 Å². The monoisotopic (exact) mass is 317 g/mol. The molecule has 2 rings (SSSR count). The van der Waals surface area contributed by atoms with Gasteiger partial charge in [-0.2, -0.15) is 0 Å². The van der Waals surface area contributed by atoms with Crippen LogP contribution in [0.15, 0.2) is 22.7 Å². The van der Waals surface area contributed by atoms with Gasteiger partial charge in [0.05, 0.1) is 11.1 Å². The molecule has 1 aromatic carbocycles. The number of rotatable bonds is 4. The van der Waals surface area contributed by atoms with E-state index in [0.717, 1.165) is 40.7 Å². The first-order chi connectivity index (χ1) is 8.25. The highest BCUT2D eigenvalue weighted by Gasteiger charge is 2.12. The summed E-state index contributed by atoms with van der Waals surface area (Å²) < 4.78 is 6.68. The van der Waals surface area contributed by atoms with Crippen LogP contribution in [0, 0.1) is 5.92 Å². The van der Waals surface area contributed by atoms with Gasteiger partial charge in [-0.1, -0.05) is 11.6 Å². The maximum absolute atomic E-state index is 5.88. The lowest BCUT2D eigenvalue weighted by Crippen LogP contribution is -2.30. The Bertz CT molecular complexity index is 366. The van der Waals surface area contributed by atoms with Crippen molar-refractivity contribution < 1.29 is 4.74 Å². The summed E-state index contributed by atoms with van der Waals surface area (Å²) in [5.41, 5.74) is 0. The molecule has 0 spiro atoms. The van der Waals surface area contributed by atoms with Crippen LogP contribution in [0.4, 0.5) is 0 Å². The average Bonchev–Trinajstić information content (AvgIpc) is 2.33. The number of hydrogen-bond acceptors (Lipinski definition) is 2. The molecule has 1 aliphatic heterocycles. The Kier molecular flexibility index (Phi) is 5.14. The van der Waals surface area contributed by atoms with Crippen molar-refractivity contribution in [1.29, 1.82) is 0 Å². The van der Waals surface area contributed by atoms with Crippen LogP contribution in [0.5, 0.6) is 5.75 Å². The molecule has 0 radical (unpaired) electrons. The Hall–Kier alpha value is -0.250. The van der Waals surface area contributed by atoms with Crippen LogP contribution < -0.4 is 10.1 Å². The van der Waals surface area contributed by atoms with E-state index in [9.17, 15) is 0 Å². The van der Waals surface area contributed by atoms with Crippen molar-refractivity contribution in [2.24, 2.45) is 5.92 Å². The van der Waals surface area contributed by atoms with E-state index < -0.39 is 0 Å². The van der Waals surface area contributed by atoms with Crippen molar-refractivity contribution in [1.82, 2.24) is 5.32 Å². The molecule has 1 N–H and O–H groups in total. The van der Waals surface area contributed by atoms with Crippen LogP contribution in [-0.4, -0.2) is 19.7 Å². The topological polar surface area (TPSA) is 21.3 Å². The highest BCUT2D eigenvalue weighted by Crippen LogP contribution is 2.28. The van der Waals surface area contributed by atoms with E-state index in [1.54, 1.807) is 0 Å². The smallest absolute Gasteiger partial charge is 0.133 e. The fraction of sp³-hybridized carbons (Fsp3) is 0.538. The van der Waals surface area contributed by atoms with Gasteiger partial charge in [0.25, 0.3) is 0 Å². The Balaban J connectivity index is 1.77. The zero-order valence-electron chi connectivity index (χ0n) is 9.72. The first-order valence-corrected chi connectivity index (χ1v) is 7.21. The van der Waals surface area contributed by atoms with E-state index >= 15 is 0 Å². The summed E-state index contributed by atoms with van der Waals surface area (Å²) in [7, 11) is 0. The molecule has 17 heavy (non-hydrogen) atoms. The van der Waals surface area contributed by atoms with Gasteiger partial charge in [0.2, 0.25) is 0 Å². The van der Waals surface area contributed by atoms with E-state index in [2.05, 4.69) is 21.2 Å². The molecule has 0 unspecified atom stereocenters. The standard InChI is InChI=1S/C13H17BrClNO/c14-12-8-11(15)3-4-13(12)17-7-5-10-2-1-6-16-9-10/h3-4,8,10,16H,1-2,5-7,9H2/t10-/m1/s1. The third-order valence-electron chi connectivity index (χ3n) is 3.08. The fourth-order valence-corrected chi connectivity index (χ4v) is 2.90. The lowest BCUT2D eigenvalue weighted by Gasteiger charge is -2.22. The van der Waals surface area contributed by atoms with Crippen molar-refractivity contribution in [2.75, 3.05) is 19.7 Å². The number of nitrogens with one attached hydrogen (secondary N) is 1. The van der Waals surface area contributed by atoms with E-state index in [0.29, 0.717) is 0 Å². The van der Waals surface area contributed by atoms with Gasteiger partial charge in [0.1, 0.15) is 5.75 Å². The van der Waals surface area contributed by atoms with Crippen molar-refractivity contribution in [3.8, 4) is 5.75 Å². The molecule has 0 saturated carbocycles. The average molecular weight is 319 g/mol. The van der Waals surface area contributed by atoms with Crippen LogP contribution in [0.25, 0.3) is 0 Å². The van der Waals surface area contributed by atoms with E-state index in [1.807, 2.05) is 18.2 Å². The molecule has 94 valence electrons. The van der Waals surface area contributed by atoms with Crippen molar-refractivity contribution in [3.05, 3.63) is 27.7 Å². The van der Waals surface area contributed by atoms with Crippen LogP contribution >= 0.6 is 27.5 Å². The van der Waals surface area contributed by atoms with Crippen molar-refractivity contribution >= 4 is 27.5 Å². The van der Waals surface area contributed by atoms with E-state index in [1.165, 1.54) is 19.4 Å². The second kappa shape index (κ2) is 6.62. The first kappa shape index (κ1) is 13.2. The van der Waals surface area contributed by atoms with Crippen LogP contribution in [0.2, 0.25) is 5.02 Å². The number of hydrogen-bond donors (Lipinski definition) is 1. The Morgan fingerprint density at radius 3 is 3.06 bits per heavy atom. The molecule has 1 aliphatic rings. The quantitative estimate of drug-likeness (QED) is 0.910. The molecule has 1 saturated heterocycles. The zero-order chi connectivity index (χ0) is 12.1. The predicted molar refractivity (Wildman–Crippen MR) is 74.9 cm³/mol. The van der Waals surface area contributed by atoms with Gasteiger partial charge in [-0.25, -0.2) is 0 Å². The first-order valence-electron chi connectivity index (χ1n) is 6.04. The molecule has 0 bridgehead atoms. The molecule has 2 nitrogen and oxygen atoms in total. The molecule has 4 heteroatoms. The lowest BCUT2D eigenvalue weighted by atomic mass is 9.97. The molecular formula is C13H17BrClNO. The zero-order valence-corrected chi connectivity index (χ0v) is 12.1. The van der Waals surface area contributed by atoms with Gasteiger partial charge < -0.3 is 10.1 Å². The van der Waals surface area contributed by atoms with E-state index in [-0.39, 0.29) is 0 Å². The SMILES string of the molecule is Clc1ccc(OCC[C@H]2CCCNC2)c(Br)c1. The third kappa shape index (κ3) is 4.16. The lowest BCUT2D eigenvalue weighted by molar-refractivity contribution is 0.253. The Labute approximate surface area is 116 Å². The van der Waals surface area contributed by atoms with Gasteiger partial charge in [-0.3, -0.25) is 0 Å². The minimum atomic E-state index is 0.723. The molecular weight excluding hydrogens is 302 g/mol. The summed E-state index contributed by atoms with van der Waals surface area (Å²) in [6, 6.07) is 5.62. The fourth-order valence-electron chi connectivity index (χ4n) is 2.10. The van der Waals surface area contributed by atoms with Crippen LogP contribution in [0.1, 0.15) is 19.3 Å². The number of benzene rings is 1. The summed E-state index contributed by atoms with van der Waals surface area (Å²) in [5.74, 6) is 1.63. The van der Waals surface area contributed by atoms with Gasteiger partial charge >= 0.3 is 0 Å². The third-order valence-corrected chi connectivity index (χ3v) is 3.93. The largest absolute Gasteiger partial charge is 0.492 e. The van der Waals surface area contributed by atoms with Gasteiger partial charge in [-0.05, 0) is 72.4 Å². The molecule has 0 aromatic heterocycles. The second-order valence-corrected chi connectivity index (χ2v) is 5.72. The number of piperidine rings is 1.